The number of hydrogen-bond acceptors (Lipinski definition) is 6. The predicted octanol–water partition coefficient (Wildman–Crippen LogP) is 3.00. The van der Waals surface area contributed by atoms with E-state index in [0.29, 0.717) is 24.2 Å². The zero-order valence-corrected chi connectivity index (χ0v) is 17.5. The molecule has 1 aromatic heterocycles. The van der Waals surface area contributed by atoms with E-state index in [9.17, 15) is 26.7 Å². The van der Waals surface area contributed by atoms with Crippen LogP contribution in [0.1, 0.15) is 19.4 Å². The molecule has 0 saturated carbocycles. The summed E-state index contributed by atoms with van der Waals surface area (Å²) in [5.41, 5.74) is 3.11. The van der Waals surface area contributed by atoms with Crippen LogP contribution in [0.5, 0.6) is 0 Å². The Balaban J connectivity index is 1.75. The number of nitrogen functional groups attached to an aromatic ring is 1. The average molecular weight is 450 g/mol. The Labute approximate surface area is 171 Å². The van der Waals surface area contributed by atoms with Gasteiger partial charge in [0.05, 0.1) is 5.00 Å². The fraction of sp³-hybridized carbons (Fsp3) is 0.444. The van der Waals surface area contributed by atoms with Crippen molar-refractivity contribution in [2.75, 3.05) is 30.3 Å². The van der Waals surface area contributed by atoms with Crippen LogP contribution in [-0.2, 0) is 15.6 Å². The average Bonchev–Trinajstić information content (AvgIpc) is 3.08. The van der Waals surface area contributed by atoms with Crippen molar-refractivity contribution in [2.45, 2.75) is 35.9 Å². The van der Waals surface area contributed by atoms with Crippen molar-refractivity contribution >= 4 is 32.0 Å². The van der Waals surface area contributed by atoms with Crippen LogP contribution in [0.4, 0.5) is 23.9 Å². The second kappa shape index (κ2) is 7.46. The second-order valence-electron chi connectivity index (χ2n) is 7.18. The molecule has 2 heterocycles. The van der Waals surface area contributed by atoms with Crippen LogP contribution in [-0.4, -0.2) is 49.7 Å². The molecule has 11 heteroatoms. The minimum atomic E-state index is -4.78. The first-order chi connectivity index (χ1) is 13.3. The maximum Gasteiger partial charge on any atom is 0.421 e. The lowest BCUT2D eigenvalue weighted by atomic mass is 9.95. The molecule has 0 spiro atoms. The number of piperazine rings is 1. The molecule has 2 aromatic rings. The number of hydrogen-bond donors (Lipinski definition) is 2. The van der Waals surface area contributed by atoms with Crippen molar-refractivity contribution in [3.8, 4) is 0 Å². The van der Waals surface area contributed by atoms with Gasteiger partial charge < -0.3 is 15.7 Å². The van der Waals surface area contributed by atoms with E-state index < -0.39 is 21.8 Å². The van der Waals surface area contributed by atoms with Crippen molar-refractivity contribution in [3.63, 3.8) is 0 Å². The van der Waals surface area contributed by atoms with E-state index in [2.05, 4.69) is 0 Å². The van der Waals surface area contributed by atoms with Crippen LogP contribution in [0.15, 0.2) is 40.6 Å². The highest BCUT2D eigenvalue weighted by Crippen LogP contribution is 2.39. The first-order valence-corrected chi connectivity index (χ1v) is 11.1. The van der Waals surface area contributed by atoms with E-state index in [0.717, 1.165) is 11.3 Å². The van der Waals surface area contributed by atoms with E-state index in [-0.39, 0.29) is 28.9 Å². The minimum absolute atomic E-state index is 0.189. The number of rotatable bonds is 4. The van der Waals surface area contributed by atoms with Crippen molar-refractivity contribution in [3.05, 3.63) is 42.0 Å². The number of nitrogens with zero attached hydrogens (tertiary/aromatic N) is 2. The molecule has 29 heavy (non-hydrogen) atoms. The second-order valence-corrected chi connectivity index (χ2v) is 10.5. The Hall–Kier alpha value is -1.82. The van der Waals surface area contributed by atoms with Gasteiger partial charge in [-0.1, -0.05) is 12.1 Å². The Morgan fingerprint density at radius 3 is 2.24 bits per heavy atom. The standard InChI is InChI=1S/C18H22F3N3O3S2/c1-12-11-23(29(26,27)16-8-7-15(22)28-16)9-10-24(12)14-5-3-13(4-6-14)17(2,25)18(19,20)21/h3-8,12,25H,9-11,22H2,1-2H3. The quantitative estimate of drug-likeness (QED) is 0.750. The van der Waals surface area contributed by atoms with Crippen LogP contribution >= 0.6 is 11.3 Å². The number of aliphatic hydroxyl groups is 1. The highest BCUT2D eigenvalue weighted by atomic mass is 32.2. The van der Waals surface area contributed by atoms with Gasteiger partial charge in [-0.2, -0.15) is 17.5 Å². The van der Waals surface area contributed by atoms with Crippen molar-refractivity contribution in [1.82, 2.24) is 4.31 Å². The highest BCUT2D eigenvalue weighted by Gasteiger charge is 2.51. The van der Waals surface area contributed by atoms with Gasteiger partial charge in [-0.25, -0.2) is 8.42 Å². The largest absolute Gasteiger partial charge is 0.421 e. The molecule has 3 N–H and O–H groups in total. The third kappa shape index (κ3) is 4.09. The number of thiophene rings is 1. The third-order valence-electron chi connectivity index (χ3n) is 5.10. The van der Waals surface area contributed by atoms with Crippen molar-refractivity contribution in [2.24, 2.45) is 0 Å². The monoisotopic (exact) mass is 449 g/mol. The number of alkyl halides is 3. The molecule has 3 rings (SSSR count). The maximum atomic E-state index is 13.0. The van der Waals surface area contributed by atoms with E-state index in [1.54, 1.807) is 6.07 Å². The Morgan fingerprint density at radius 1 is 1.14 bits per heavy atom. The third-order valence-corrected chi connectivity index (χ3v) is 8.35. The Morgan fingerprint density at radius 2 is 1.76 bits per heavy atom. The van der Waals surface area contributed by atoms with Gasteiger partial charge in [0.15, 0.2) is 5.60 Å². The summed E-state index contributed by atoms with van der Waals surface area (Å²) < 4.78 is 66.1. The molecule has 6 nitrogen and oxygen atoms in total. The molecule has 1 aromatic carbocycles. The van der Waals surface area contributed by atoms with Gasteiger partial charge in [-0.05, 0) is 43.7 Å². The number of benzene rings is 1. The summed E-state index contributed by atoms with van der Waals surface area (Å²) in [6.07, 6.45) is -4.78. The molecule has 1 aliphatic heterocycles. The van der Waals surface area contributed by atoms with Gasteiger partial charge in [0, 0.05) is 31.4 Å². The van der Waals surface area contributed by atoms with E-state index in [4.69, 9.17) is 5.73 Å². The number of anilines is 2. The summed E-state index contributed by atoms with van der Waals surface area (Å²) >= 11 is 1.01. The van der Waals surface area contributed by atoms with Crippen LogP contribution in [0.25, 0.3) is 0 Å². The highest BCUT2D eigenvalue weighted by molar-refractivity contribution is 7.91. The normalized spacial score (nSPS) is 21.2. The minimum Gasteiger partial charge on any atom is -0.391 e. The van der Waals surface area contributed by atoms with E-state index >= 15 is 0 Å². The lowest BCUT2D eigenvalue weighted by molar-refractivity contribution is -0.258. The first kappa shape index (κ1) is 21.9. The molecule has 0 amide bonds. The molecule has 1 saturated heterocycles. The molecule has 0 radical (unpaired) electrons. The van der Waals surface area contributed by atoms with Gasteiger partial charge in [-0.15, -0.1) is 11.3 Å². The van der Waals surface area contributed by atoms with Gasteiger partial charge in [0.25, 0.3) is 10.0 Å². The van der Waals surface area contributed by atoms with Gasteiger partial charge in [-0.3, -0.25) is 0 Å². The lowest BCUT2D eigenvalue weighted by Crippen LogP contribution is -2.53. The van der Waals surface area contributed by atoms with E-state index in [1.807, 2.05) is 11.8 Å². The molecule has 0 aliphatic carbocycles. The van der Waals surface area contributed by atoms with Gasteiger partial charge in [0.1, 0.15) is 4.21 Å². The SMILES string of the molecule is CC1CN(S(=O)(=O)c2ccc(N)s2)CCN1c1ccc(C(C)(O)C(F)(F)F)cc1. The topological polar surface area (TPSA) is 86.9 Å². The van der Waals surface area contributed by atoms with Crippen LogP contribution in [0.3, 0.4) is 0 Å². The fourth-order valence-corrected chi connectivity index (χ4v) is 6.03. The summed E-state index contributed by atoms with van der Waals surface area (Å²) in [6.45, 7) is 3.43. The Bertz CT molecular complexity index is 972. The molecule has 0 bridgehead atoms. The summed E-state index contributed by atoms with van der Waals surface area (Å²) in [6, 6.07) is 8.35. The molecule has 2 unspecified atom stereocenters. The van der Waals surface area contributed by atoms with Crippen LogP contribution in [0.2, 0.25) is 0 Å². The molecular weight excluding hydrogens is 427 g/mol. The first-order valence-electron chi connectivity index (χ1n) is 8.86. The summed E-state index contributed by atoms with van der Waals surface area (Å²) in [5.74, 6) is 0. The fourth-order valence-electron chi connectivity index (χ4n) is 3.27. The van der Waals surface area contributed by atoms with E-state index in [1.165, 1.54) is 34.6 Å². The molecule has 2 atom stereocenters. The smallest absolute Gasteiger partial charge is 0.391 e. The van der Waals surface area contributed by atoms with Crippen LogP contribution in [0, 0.1) is 0 Å². The number of sulfonamides is 1. The number of nitrogens with two attached hydrogens (primary N) is 1. The van der Waals surface area contributed by atoms with Crippen molar-refractivity contribution < 1.29 is 26.7 Å². The predicted molar refractivity (Wildman–Crippen MR) is 106 cm³/mol. The Kier molecular flexibility index (Phi) is 5.63. The molecular formula is C18H22F3N3O3S2. The molecule has 1 fully saturated rings. The summed E-state index contributed by atoms with van der Waals surface area (Å²) in [5, 5.41) is 10.2. The maximum absolute atomic E-state index is 13.0. The molecule has 1 aliphatic rings. The van der Waals surface area contributed by atoms with Gasteiger partial charge >= 0.3 is 6.18 Å². The summed E-state index contributed by atoms with van der Waals surface area (Å²) in [7, 11) is -3.64. The zero-order chi connectivity index (χ0) is 21.6. The zero-order valence-electron chi connectivity index (χ0n) is 15.8. The van der Waals surface area contributed by atoms with Crippen LogP contribution < -0.4 is 10.6 Å². The van der Waals surface area contributed by atoms with Gasteiger partial charge in [0.2, 0.25) is 0 Å². The lowest BCUT2D eigenvalue weighted by Gasteiger charge is -2.40. The summed E-state index contributed by atoms with van der Waals surface area (Å²) in [4.78, 5) is 1.93. The molecule has 160 valence electrons. The van der Waals surface area contributed by atoms with Crippen molar-refractivity contribution in [1.29, 1.82) is 0 Å². The number of halogens is 3.